The lowest BCUT2D eigenvalue weighted by molar-refractivity contribution is 0.415. The summed E-state index contributed by atoms with van der Waals surface area (Å²) in [5.74, 6) is 7.86. The van der Waals surface area contributed by atoms with E-state index in [0.717, 1.165) is 11.4 Å². The van der Waals surface area contributed by atoms with Crippen molar-refractivity contribution in [3.05, 3.63) is 36.3 Å². The van der Waals surface area contributed by atoms with E-state index in [2.05, 4.69) is 9.97 Å². The molecule has 1 aromatic heterocycles. The van der Waals surface area contributed by atoms with Gasteiger partial charge in [0, 0.05) is 0 Å². The van der Waals surface area contributed by atoms with Crippen LogP contribution in [0.4, 0.5) is 17.2 Å². The number of anilines is 3. The molecule has 0 aliphatic carbocycles. The second-order valence-electron chi connectivity index (χ2n) is 3.76. The number of ether oxygens (including phenoxy) is 1. The van der Waals surface area contributed by atoms with Gasteiger partial charge in [-0.15, -0.1) is 0 Å². The van der Waals surface area contributed by atoms with Gasteiger partial charge in [-0.2, -0.15) is 0 Å². The molecule has 0 bridgehead atoms. The fourth-order valence-corrected chi connectivity index (χ4v) is 1.53. The van der Waals surface area contributed by atoms with E-state index in [-0.39, 0.29) is 0 Å². The minimum absolute atomic E-state index is 0.430. The number of aromatic nitrogens is 2. The summed E-state index contributed by atoms with van der Waals surface area (Å²) in [6.45, 7) is 1.78. The van der Waals surface area contributed by atoms with Crippen LogP contribution in [-0.4, -0.2) is 17.1 Å². The van der Waals surface area contributed by atoms with E-state index in [1.54, 1.807) is 20.2 Å². The maximum absolute atomic E-state index is 6.00. The summed E-state index contributed by atoms with van der Waals surface area (Å²) in [6.07, 6.45) is 1.54. The molecule has 94 valence electrons. The molecular weight excluding hydrogens is 230 g/mol. The molecule has 0 saturated carbocycles. The van der Waals surface area contributed by atoms with Crippen molar-refractivity contribution >= 4 is 17.2 Å². The third-order valence-corrected chi connectivity index (χ3v) is 2.50. The number of benzene rings is 1. The lowest BCUT2D eigenvalue weighted by Gasteiger charge is -2.19. The minimum Gasteiger partial charge on any atom is -0.497 e. The standard InChI is InChI=1S/C12H15N5O/c1-8-15-7-11(13)12(16-8)17(14)9-3-5-10(18-2)6-4-9/h3-7H,13-14H2,1-2H3. The number of hydrazine groups is 1. The van der Waals surface area contributed by atoms with Gasteiger partial charge in [0.1, 0.15) is 11.6 Å². The normalized spacial score (nSPS) is 10.2. The van der Waals surface area contributed by atoms with Crippen LogP contribution in [0.1, 0.15) is 5.82 Å². The van der Waals surface area contributed by atoms with Gasteiger partial charge in [-0.3, -0.25) is 5.01 Å². The van der Waals surface area contributed by atoms with Crippen LogP contribution in [0.15, 0.2) is 30.5 Å². The van der Waals surface area contributed by atoms with Crippen molar-refractivity contribution in [3.63, 3.8) is 0 Å². The summed E-state index contributed by atoms with van der Waals surface area (Å²) < 4.78 is 5.09. The van der Waals surface area contributed by atoms with Crippen LogP contribution in [-0.2, 0) is 0 Å². The summed E-state index contributed by atoms with van der Waals surface area (Å²) in [5, 5.41) is 1.42. The van der Waals surface area contributed by atoms with Crippen molar-refractivity contribution < 1.29 is 4.74 Å². The highest BCUT2D eigenvalue weighted by molar-refractivity contribution is 5.69. The fraction of sp³-hybridized carbons (Fsp3) is 0.167. The Bertz CT molecular complexity index is 541. The second-order valence-corrected chi connectivity index (χ2v) is 3.76. The largest absolute Gasteiger partial charge is 0.497 e. The van der Waals surface area contributed by atoms with Crippen LogP contribution in [0.3, 0.4) is 0 Å². The number of methoxy groups -OCH3 is 1. The highest BCUT2D eigenvalue weighted by Gasteiger charge is 2.11. The van der Waals surface area contributed by atoms with Crippen molar-refractivity contribution in [1.82, 2.24) is 9.97 Å². The summed E-state index contributed by atoms with van der Waals surface area (Å²) in [7, 11) is 1.61. The molecule has 0 saturated heterocycles. The van der Waals surface area contributed by atoms with Crippen LogP contribution in [0.25, 0.3) is 0 Å². The Balaban J connectivity index is 2.34. The zero-order valence-electron chi connectivity index (χ0n) is 10.3. The van der Waals surface area contributed by atoms with E-state index >= 15 is 0 Å². The molecule has 0 amide bonds. The molecule has 4 N–H and O–H groups in total. The first-order valence-electron chi connectivity index (χ1n) is 5.40. The number of hydrogen-bond donors (Lipinski definition) is 2. The zero-order valence-corrected chi connectivity index (χ0v) is 10.3. The van der Waals surface area contributed by atoms with Crippen molar-refractivity contribution in [3.8, 4) is 5.75 Å². The molecule has 0 radical (unpaired) electrons. The molecule has 0 fully saturated rings. The SMILES string of the molecule is COc1ccc(N(N)c2nc(C)ncc2N)cc1. The van der Waals surface area contributed by atoms with Crippen LogP contribution >= 0.6 is 0 Å². The van der Waals surface area contributed by atoms with Gasteiger partial charge in [0.2, 0.25) is 0 Å². The molecule has 2 rings (SSSR count). The Labute approximate surface area is 105 Å². The third kappa shape index (κ3) is 2.33. The van der Waals surface area contributed by atoms with Crippen LogP contribution < -0.4 is 21.3 Å². The van der Waals surface area contributed by atoms with E-state index in [0.29, 0.717) is 17.3 Å². The predicted octanol–water partition coefficient (Wildman–Crippen LogP) is 1.39. The quantitative estimate of drug-likeness (QED) is 0.627. The van der Waals surface area contributed by atoms with Crippen LogP contribution in [0.5, 0.6) is 5.75 Å². The lowest BCUT2D eigenvalue weighted by atomic mass is 10.3. The molecule has 2 aromatic rings. The molecule has 0 aliphatic heterocycles. The molecule has 0 aliphatic rings. The highest BCUT2D eigenvalue weighted by Crippen LogP contribution is 2.26. The Kier molecular flexibility index (Phi) is 3.29. The first-order valence-corrected chi connectivity index (χ1v) is 5.40. The first-order chi connectivity index (χ1) is 8.61. The molecule has 0 unspecified atom stereocenters. The molecule has 6 nitrogen and oxygen atoms in total. The van der Waals surface area contributed by atoms with Crippen molar-refractivity contribution in [1.29, 1.82) is 0 Å². The van der Waals surface area contributed by atoms with Crippen molar-refractivity contribution in [2.45, 2.75) is 6.92 Å². The van der Waals surface area contributed by atoms with Crippen molar-refractivity contribution in [2.24, 2.45) is 5.84 Å². The molecule has 0 spiro atoms. The molecule has 1 heterocycles. The average molecular weight is 245 g/mol. The van der Waals surface area contributed by atoms with Crippen LogP contribution in [0.2, 0.25) is 0 Å². The van der Waals surface area contributed by atoms with Gasteiger partial charge in [0.25, 0.3) is 0 Å². The summed E-state index contributed by atoms with van der Waals surface area (Å²) in [5.41, 5.74) is 7.01. The Morgan fingerprint density at radius 2 is 1.89 bits per heavy atom. The number of hydrogen-bond acceptors (Lipinski definition) is 6. The van der Waals surface area contributed by atoms with Crippen molar-refractivity contribution in [2.75, 3.05) is 17.9 Å². The van der Waals surface area contributed by atoms with Gasteiger partial charge < -0.3 is 10.5 Å². The minimum atomic E-state index is 0.430. The van der Waals surface area contributed by atoms with Gasteiger partial charge in [-0.05, 0) is 31.2 Å². The average Bonchev–Trinajstić information content (AvgIpc) is 2.41. The fourth-order valence-electron chi connectivity index (χ4n) is 1.53. The van der Waals surface area contributed by atoms with E-state index in [4.69, 9.17) is 16.3 Å². The lowest BCUT2D eigenvalue weighted by Crippen LogP contribution is -2.27. The van der Waals surface area contributed by atoms with Gasteiger partial charge in [0.05, 0.1) is 24.7 Å². The maximum Gasteiger partial charge on any atom is 0.174 e. The second kappa shape index (κ2) is 4.89. The molecular formula is C12H15N5O. The molecule has 6 heteroatoms. The summed E-state index contributed by atoms with van der Waals surface area (Å²) >= 11 is 0. The summed E-state index contributed by atoms with van der Waals surface area (Å²) in [6, 6.07) is 7.30. The third-order valence-electron chi connectivity index (χ3n) is 2.50. The predicted molar refractivity (Wildman–Crippen MR) is 70.5 cm³/mol. The van der Waals surface area contributed by atoms with Gasteiger partial charge in [-0.25, -0.2) is 15.8 Å². The zero-order chi connectivity index (χ0) is 13.1. The number of rotatable bonds is 3. The van der Waals surface area contributed by atoms with Gasteiger partial charge in [-0.1, -0.05) is 0 Å². The number of nitrogens with zero attached hydrogens (tertiary/aromatic N) is 3. The number of aryl methyl sites for hydroxylation is 1. The van der Waals surface area contributed by atoms with E-state index in [1.807, 2.05) is 24.3 Å². The topological polar surface area (TPSA) is 90.3 Å². The monoisotopic (exact) mass is 245 g/mol. The van der Waals surface area contributed by atoms with E-state index < -0.39 is 0 Å². The van der Waals surface area contributed by atoms with E-state index in [1.165, 1.54) is 5.01 Å². The summed E-state index contributed by atoms with van der Waals surface area (Å²) in [4.78, 5) is 8.23. The van der Waals surface area contributed by atoms with Crippen LogP contribution in [0, 0.1) is 6.92 Å². The highest BCUT2D eigenvalue weighted by atomic mass is 16.5. The Morgan fingerprint density at radius 1 is 1.22 bits per heavy atom. The molecule has 0 atom stereocenters. The van der Waals surface area contributed by atoms with Gasteiger partial charge in [0.15, 0.2) is 5.82 Å². The molecule has 1 aromatic carbocycles. The Morgan fingerprint density at radius 3 is 2.50 bits per heavy atom. The Hall–Kier alpha value is -2.34. The number of nitrogens with two attached hydrogens (primary N) is 2. The van der Waals surface area contributed by atoms with Gasteiger partial charge >= 0.3 is 0 Å². The maximum atomic E-state index is 6.00. The molecule has 18 heavy (non-hydrogen) atoms. The van der Waals surface area contributed by atoms with E-state index in [9.17, 15) is 0 Å². The smallest absolute Gasteiger partial charge is 0.174 e. The first kappa shape index (κ1) is 12.1. The number of nitrogen functional groups attached to an aromatic ring is 1.